The van der Waals surface area contributed by atoms with Crippen LogP contribution < -0.4 is 14.9 Å². The first-order chi connectivity index (χ1) is 19.9. The molecule has 228 valence electrons. The van der Waals surface area contributed by atoms with E-state index in [1.807, 2.05) is 0 Å². The number of benzene rings is 2. The van der Waals surface area contributed by atoms with Crippen molar-refractivity contribution in [1.82, 2.24) is 0 Å². The van der Waals surface area contributed by atoms with E-state index in [0.717, 1.165) is 6.07 Å². The van der Waals surface area contributed by atoms with Gasteiger partial charge in [0.2, 0.25) is 23.8 Å². The maximum absolute atomic E-state index is 13.7. The summed E-state index contributed by atoms with van der Waals surface area (Å²) in [5.41, 5.74) is -0.968. The molecule has 2 saturated heterocycles. The Morgan fingerprint density at radius 2 is 1.40 bits per heavy atom. The van der Waals surface area contributed by atoms with Crippen LogP contribution in [0.1, 0.15) is 6.92 Å². The molecule has 0 saturated carbocycles. The summed E-state index contributed by atoms with van der Waals surface area (Å²) in [4.78, 5) is 13.7. The molecule has 0 bridgehead atoms. The lowest BCUT2D eigenvalue weighted by Gasteiger charge is -2.39. The average molecular weight is 595 g/mol. The summed E-state index contributed by atoms with van der Waals surface area (Å²) < 4.78 is 28.0. The van der Waals surface area contributed by atoms with E-state index in [-0.39, 0.29) is 28.4 Å². The summed E-state index contributed by atoms with van der Waals surface area (Å²) in [7, 11) is 0. The molecule has 2 aromatic carbocycles. The van der Waals surface area contributed by atoms with E-state index >= 15 is 0 Å². The molecule has 15 heteroatoms. The molecule has 9 N–H and O–H groups in total. The van der Waals surface area contributed by atoms with Crippen molar-refractivity contribution in [2.45, 2.75) is 68.3 Å². The number of hydrogen-bond acceptors (Lipinski definition) is 15. The number of phenolic OH excluding ortho intramolecular Hbond substituents is 2. The number of phenols is 2. The number of hydrogen-bond donors (Lipinski definition) is 9. The predicted octanol–water partition coefficient (Wildman–Crippen LogP) is -1.74. The molecule has 2 aliphatic heterocycles. The van der Waals surface area contributed by atoms with Gasteiger partial charge in [-0.15, -0.1) is 0 Å². The van der Waals surface area contributed by atoms with Crippen molar-refractivity contribution in [3.63, 3.8) is 0 Å². The number of aromatic hydroxyl groups is 2. The van der Waals surface area contributed by atoms with Crippen molar-refractivity contribution in [1.29, 1.82) is 0 Å². The fourth-order valence-electron chi connectivity index (χ4n) is 4.76. The number of ether oxygens (including phenoxy) is 4. The number of aliphatic hydroxyl groups excluding tert-OH is 7. The zero-order valence-corrected chi connectivity index (χ0v) is 21.9. The SMILES string of the molecule is CC1O[C@@H](Oc2c(-c3ccc(O)cc3)oc3cc(O[C@@H]4OC(CO)[C@@H](O)[C@H](O)C4O)cc(O)c3c2=O)[C@@H](O)C(O)[C@H]1O. The average Bonchev–Trinajstić information content (AvgIpc) is 2.96. The quantitative estimate of drug-likeness (QED) is 0.154. The number of fused-ring (bicyclic) bond motifs is 1. The first-order valence-electron chi connectivity index (χ1n) is 12.9. The Morgan fingerprint density at radius 3 is 2.05 bits per heavy atom. The molecule has 2 fully saturated rings. The van der Waals surface area contributed by atoms with Crippen LogP contribution in [0, 0.1) is 0 Å². The van der Waals surface area contributed by atoms with E-state index in [2.05, 4.69) is 0 Å². The molecule has 0 spiro atoms. The second kappa shape index (κ2) is 11.6. The van der Waals surface area contributed by atoms with Gasteiger partial charge in [0.1, 0.15) is 70.9 Å². The van der Waals surface area contributed by atoms with Gasteiger partial charge < -0.3 is 69.3 Å². The molecule has 3 aromatic rings. The smallest absolute Gasteiger partial charge is 0.239 e. The third-order valence-electron chi connectivity index (χ3n) is 7.18. The van der Waals surface area contributed by atoms with Gasteiger partial charge in [0, 0.05) is 17.7 Å². The molecular formula is C27H30O15. The fraction of sp³-hybridized carbons (Fsp3) is 0.444. The van der Waals surface area contributed by atoms with Gasteiger partial charge in [-0.2, -0.15) is 0 Å². The van der Waals surface area contributed by atoms with Crippen LogP contribution in [-0.2, 0) is 9.47 Å². The Hall–Kier alpha value is -3.51. The van der Waals surface area contributed by atoms with Gasteiger partial charge >= 0.3 is 0 Å². The summed E-state index contributed by atoms with van der Waals surface area (Å²) in [6.45, 7) is 0.721. The van der Waals surface area contributed by atoms with Gasteiger partial charge in [0.25, 0.3) is 0 Å². The normalized spacial score (nSPS) is 33.4. The fourth-order valence-corrected chi connectivity index (χ4v) is 4.76. The van der Waals surface area contributed by atoms with Gasteiger partial charge in [0.05, 0.1) is 12.7 Å². The molecule has 5 rings (SSSR count). The van der Waals surface area contributed by atoms with Gasteiger partial charge in [0.15, 0.2) is 5.76 Å². The maximum atomic E-state index is 13.7. The summed E-state index contributed by atoms with van der Waals surface area (Å²) >= 11 is 0. The second-order valence-corrected chi connectivity index (χ2v) is 10.1. The minimum absolute atomic E-state index is 0.103. The van der Waals surface area contributed by atoms with Crippen molar-refractivity contribution in [3.05, 3.63) is 46.6 Å². The maximum Gasteiger partial charge on any atom is 0.239 e. The lowest BCUT2D eigenvalue weighted by atomic mass is 9.99. The monoisotopic (exact) mass is 594 g/mol. The van der Waals surface area contributed by atoms with Crippen LogP contribution in [0.4, 0.5) is 0 Å². The zero-order chi connectivity index (χ0) is 30.5. The van der Waals surface area contributed by atoms with Crippen molar-refractivity contribution < 1.29 is 69.3 Å². The highest BCUT2D eigenvalue weighted by Crippen LogP contribution is 2.38. The Balaban J connectivity index is 1.58. The third kappa shape index (κ3) is 5.37. The largest absolute Gasteiger partial charge is 0.508 e. The predicted molar refractivity (Wildman–Crippen MR) is 139 cm³/mol. The van der Waals surface area contributed by atoms with Crippen LogP contribution in [0.15, 0.2) is 45.6 Å². The molecule has 1 aromatic heterocycles. The van der Waals surface area contributed by atoms with Gasteiger partial charge in [-0.1, -0.05) is 0 Å². The topological polar surface area (TPSA) is 249 Å². The van der Waals surface area contributed by atoms with Crippen LogP contribution in [0.5, 0.6) is 23.0 Å². The Morgan fingerprint density at radius 1 is 0.786 bits per heavy atom. The first-order valence-corrected chi connectivity index (χ1v) is 12.9. The van der Waals surface area contributed by atoms with Crippen LogP contribution in [-0.4, -0.2) is 114 Å². The van der Waals surface area contributed by atoms with Crippen LogP contribution >= 0.6 is 0 Å². The Bertz CT molecular complexity index is 1470. The highest BCUT2D eigenvalue weighted by atomic mass is 16.7. The van der Waals surface area contributed by atoms with E-state index in [1.54, 1.807) is 0 Å². The standard InChI is InChI=1S/C27H30O15/c1-9-17(31)20(34)22(36)26(38-9)42-25-19(33)16-13(30)6-12(39-27-23(37)21(35)18(32)15(8-28)41-27)7-14(16)40-24(25)10-2-4-11(29)5-3-10/h2-7,9,15,17-18,20-23,26-32,34-37H,8H2,1H3/t9?,15?,17-,18+,20?,21-,22-,23?,26-,27+/m0/s1. The van der Waals surface area contributed by atoms with Gasteiger partial charge in [-0.3, -0.25) is 4.79 Å². The van der Waals surface area contributed by atoms with Crippen molar-refractivity contribution in [2.24, 2.45) is 0 Å². The lowest BCUT2D eigenvalue weighted by molar-refractivity contribution is -0.277. The van der Waals surface area contributed by atoms with E-state index < -0.39 is 90.3 Å². The molecule has 42 heavy (non-hydrogen) atoms. The summed E-state index contributed by atoms with van der Waals surface area (Å²) in [6, 6.07) is 7.53. The molecule has 15 nitrogen and oxygen atoms in total. The molecule has 0 aliphatic carbocycles. The van der Waals surface area contributed by atoms with Crippen LogP contribution in [0.3, 0.4) is 0 Å². The number of rotatable bonds is 6. The van der Waals surface area contributed by atoms with Gasteiger partial charge in [-0.05, 0) is 31.2 Å². The summed E-state index contributed by atoms with van der Waals surface area (Å²) in [6.07, 6.45) is -15.5. The van der Waals surface area contributed by atoms with E-state index in [4.69, 9.17) is 23.4 Å². The van der Waals surface area contributed by atoms with Crippen molar-refractivity contribution >= 4 is 11.0 Å². The second-order valence-electron chi connectivity index (χ2n) is 10.1. The Kier molecular flexibility index (Phi) is 8.30. The van der Waals surface area contributed by atoms with Crippen LogP contribution in [0.25, 0.3) is 22.3 Å². The molecular weight excluding hydrogens is 564 g/mol. The first kappa shape index (κ1) is 30.0. The lowest BCUT2D eigenvalue weighted by Crippen LogP contribution is -2.60. The minimum atomic E-state index is -1.78. The van der Waals surface area contributed by atoms with Crippen LogP contribution in [0.2, 0.25) is 0 Å². The molecule has 0 radical (unpaired) electrons. The van der Waals surface area contributed by atoms with Gasteiger partial charge in [-0.25, -0.2) is 0 Å². The van der Waals surface area contributed by atoms with Crippen molar-refractivity contribution in [2.75, 3.05) is 6.61 Å². The Labute approximate surface area is 236 Å². The van der Waals surface area contributed by atoms with E-state index in [0.29, 0.717) is 0 Å². The molecule has 2 aliphatic rings. The molecule has 0 amide bonds. The van der Waals surface area contributed by atoms with E-state index in [1.165, 1.54) is 37.3 Å². The molecule has 3 heterocycles. The third-order valence-corrected chi connectivity index (χ3v) is 7.18. The van der Waals surface area contributed by atoms with Crippen molar-refractivity contribution in [3.8, 4) is 34.3 Å². The molecule has 10 atom stereocenters. The highest BCUT2D eigenvalue weighted by Gasteiger charge is 2.45. The zero-order valence-electron chi connectivity index (χ0n) is 21.9. The van der Waals surface area contributed by atoms with E-state index in [9.17, 15) is 50.8 Å². The number of aliphatic hydroxyl groups is 7. The molecule has 4 unspecified atom stereocenters. The summed E-state index contributed by atoms with van der Waals surface area (Å²) in [5.74, 6) is -1.74. The minimum Gasteiger partial charge on any atom is -0.508 e. The summed E-state index contributed by atoms with van der Waals surface area (Å²) in [5, 5.41) is 90.6. The highest BCUT2D eigenvalue weighted by molar-refractivity contribution is 5.88.